The van der Waals surface area contributed by atoms with Crippen LogP contribution in [0.2, 0.25) is 0 Å². The van der Waals surface area contributed by atoms with Crippen molar-refractivity contribution in [2.75, 3.05) is 13.1 Å². The van der Waals surface area contributed by atoms with E-state index >= 15 is 0 Å². The molecule has 0 aliphatic heterocycles. The zero-order valence-corrected chi connectivity index (χ0v) is 10.6. The molecule has 1 aromatic rings. The van der Waals surface area contributed by atoms with Crippen LogP contribution in [0.5, 0.6) is 0 Å². The van der Waals surface area contributed by atoms with Gasteiger partial charge in [-0.3, -0.25) is 4.79 Å². The number of hydrogen-bond acceptors (Lipinski definition) is 2. The normalized spacial score (nSPS) is 12.2. The standard InChI is InChI=1S/C13H18F2N2O/c1-3-16-13(18)6-7-17-9(2)11-8-10(14)4-5-12(11)15/h4-5,8-9,17H,3,6-7H2,1-2H3,(H,16,18). The van der Waals surface area contributed by atoms with Crippen LogP contribution in [0.25, 0.3) is 0 Å². The van der Waals surface area contributed by atoms with Crippen LogP contribution in [0, 0.1) is 11.6 Å². The van der Waals surface area contributed by atoms with E-state index in [-0.39, 0.29) is 17.5 Å². The van der Waals surface area contributed by atoms with E-state index in [2.05, 4.69) is 10.6 Å². The Balaban J connectivity index is 2.47. The van der Waals surface area contributed by atoms with Crippen LogP contribution in [-0.2, 0) is 4.79 Å². The fourth-order valence-electron chi connectivity index (χ4n) is 1.64. The molecule has 0 aliphatic rings. The topological polar surface area (TPSA) is 41.1 Å². The van der Waals surface area contributed by atoms with Gasteiger partial charge in [-0.1, -0.05) is 0 Å². The maximum atomic E-state index is 13.4. The van der Waals surface area contributed by atoms with Crippen molar-refractivity contribution in [1.82, 2.24) is 10.6 Å². The summed E-state index contributed by atoms with van der Waals surface area (Å²) in [5.74, 6) is -0.977. The van der Waals surface area contributed by atoms with Crippen molar-refractivity contribution in [2.24, 2.45) is 0 Å². The molecule has 0 aromatic heterocycles. The summed E-state index contributed by atoms with van der Waals surface area (Å²) in [6, 6.07) is 3.02. The van der Waals surface area contributed by atoms with Crippen LogP contribution in [-0.4, -0.2) is 19.0 Å². The minimum atomic E-state index is -0.469. The molecule has 100 valence electrons. The Hall–Kier alpha value is -1.49. The predicted molar refractivity (Wildman–Crippen MR) is 66.1 cm³/mol. The summed E-state index contributed by atoms with van der Waals surface area (Å²) in [5, 5.41) is 5.66. The van der Waals surface area contributed by atoms with Gasteiger partial charge in [-0.2, -0.15) is 0 Å². The van der Waals surface area contributed by atoms with Crippen molar-refractivity contribution in [2.45, 2.75) is 26.3 Å². The smallest absolute Gasteiger partial charge is 0.221 e. The Bertz CT molecular complexity index is 410. The molecule has 0 aliphatic carbocycles. The SMILES string of the molecule is CCNC(=O)CCNC(C)c1cc(F)ccc1F. The Morgan fingerprint density at radius 3 is 2.78 bits per heavy atom. The molecule has 3 nitrogen and oxygen atoms in total. The molecule has 0 radical (unpaired) electrons. The molecule has 5 heteroatoms. The molecule has 1 aromatic carbocycles. The number of carbonyl (C=O) groups is 1. The van der Waals surface area contributed by atoms with Crippen LogP contribution in [0.4, 0.5) is 8.78 Å². The van der Waals surface area contributed by atoms with E-state index in [1.165, 1.54) is 6.07 Å². The summed E-state index contributed by atoms with van der Waals surface area (Å²) >= 11 is 0. The zero-order chi connectivity index (χ0) is 13.5. The Morgan fingerprint density at radius 2 is 2.11 bits per heavy atom. The third kappa shape index (κ3) is 4.41. The fourth-order valence-corrected chi connectivity index (χ4v) is 1.64. The van der Waals surface area contributed by atoms with Gasteiger partial charge in [0.05, 0.1) is 0 Å². The molecule has 0 heterocycles. The zero-order valence-electron chi connectivity index (χ0n) is 10.6. The Labute approximate surface area is 106 Å². The van der Waals surface area contributed by atoms with Crippen LogP contribution in [0.3, 0.4) is 0 Å². The van der Waals surface area contributed by atoms with Gasteiger partial charge < -0.3 is 10.6 Å². The first-order chi connectivity index (χ1) is 8.54. The number of hydrogen-bond donors (Lipinski definition) is 2. The molecule has 1 unspecified atom stereocenters. The highest BCUT2D eigenvalue weighted by Crippen LogP contribution is 2.17. The van der Waals surface area contributed by atoms with Gasteiger partial charge in [0, 0.05) is 31.1 Å². The second-order valence-corrected chi connectivity index (χ2v) is 4.05. The average molecular weight is 256 g/mol. The van der Waals surface area contributed by atoms with Gasteiger partial charge in [0.25, 0.3) is 0 Å². The molecule has 0 bridgehead atoms. The van der Waals surface area contributed by atoms with Gasteiger partial charge in [0.1, 0.15) is 11.6 Å². The van der Waals surface area contributed by atoms with E-state index < -0.39 is 11.6 Å². The summed E-state index contributed by atoms with van der Waals surface area (Å²) in [6.07, 6.45) is 0.315. The second kappa shape index (κ2) is 7.06. The minimum absolute atomic E-state index is 0.0584. The van der Waals surface area contributed by atoms with Crippen LogP contribution in [0.1, 0.15) is 31.9 Å². The minimum Gasteiger partial charge on any atom is -0.356 e. The van der Waals surface area contributed by atoms with E-state index in [9.17, 15) is 13.6 Å². The van der Waals surface area contributed by atoms with Crippen molar-refractivity contribution in [3.63, 3.8) is 0 Å². The number of carbonyl (C=O) groups excluding carboxylic acids is 1. The molecular formula is C13H18F2N2O. The quantitative estimate of drug-likeness (QED) is 0.818. The highest BCUT2D eigenvalue weighted by molar-refractivity contribution is 5.75. The first-order valence-corrected chi connectivity index (χ1v) is 5.99. The lowest BCUT2D eigenvalue weighted by atomic mass is 10.1. The lowest BCUT2D eigenvalue weighted by Gasteiger charge is -2.15. The maximum absolute atomic E-state index is 13.4. The Morgan fingerprint density at radius 1 is 1.39 bits per heavy atom. The molecular weight excluding hydrogens is 238 g/mol. The number of nitrogens with one attached hydrogen (secondary N) is 2. The molecule has 2 N–H and O–H groups in total. The van der Waals surface area contributed by atoms with Crippen LogP contribution < -0.4 is 10.6 Å². The molecule has 0 fully saturated rings. The van der Waals surface area contributed by atoms with E-state index in [0.717, 1.165) is 12.1 Å². The van der Waals surface area contributed by atoms with Gasteiger partial charge in [0.15, 0.2) is 0 Å². The summed E-state index contributed by atoms with van der Waals surface area (Å²) in [5.41, 5.74) is 0.269. The lowest BCUT2D eigenvalue weighted by Crippen LogP contribution is -2.28. The number of halogens is 2. The van der Waals surface area contributed by atoms with Crippen molar-refractivity contribution in [3.8, 4) is 0 Å². The third-order valence-corrected chi connectivity index (χ3v) is 2.60. The summed E-state index contributed by atoms with van der Waals surface area (Å²) in [4.78, 5) is 11.2. The van der Waals surface area contributed by atoms with E-state index in [4.69, 9.17) is 0 Å². The lowest BCUT2D eigenvalue weighted by molar-refractivity contribution is -0.120. The number of benzene rings is 1. The van der Waals surface area contributed by atoms with Gasteiger partial charge >= 0.3 is 0 Å². The van der Waals surface area contributed by atoms with Gasteiger partial charge in [-0.15, -0.1) is 0 Å². The maximum Gasteiger partial charge on any atom is 0.221 e. The number of amides is 1. The van der Waals surface area contributed by atoms with Gasteiger partial charge in [0.2, 0.25) is 5.91 Å². The predicted octanol–water partition coefficient (Wildman–Crippen LogP) is 2.14. The van der Waals surface area contributed by atoms with Crippen molar-refractivity contribution < 1.29 is 13.6 Å². The molecule has 1 amide bonds. The molecule has 0 spiro atoms. The summed E-state index contributed by atoms with van der Waals surface area (Å²) in [6.45, 7) is 4.58. The molecule has 1 atom stereocenters. The Kier molecular flexibility index (Phi) is 5.71. The van der Waals surface area contributed by atoms with E-state index in [1.807, 2.05) is 6.92 Å². The first kappa shape index (κ1) is 14.6. The number of rotatable bonds is 6. The van der Waals surface area contributed by atoms with Crippen LogP contribution >= 0.6 is 0 Å². The fraction of sp³-hybridized carbons (Fsp3) is 0.462. The largest absolute Gasteiger partial charge is 0.356 e. The molecule has 0 saturated carbocycles. The average Bonchev–Trinajstić information content (AvgIpc) is 2.32. The van der Waals surface area contributed by atoms with E-state index in [1.54, 1.807) is 6.92 Å². The van der Waals surface area contributed by atoms with Crippen molar-refractivity contribution in [3.05, 3.63) is 35.4 Å². The highest BCUT2D eigenvalue weighted by atomic mass is 19.1. The highest BCUT2D eigenvalue weighted by Gasteiger charge is 2.11. The van der Waals surface area contributed by atoms with Gasteiger partial charge in [-0.25, -0.2) is 8.78 Å². The monoisotopic (exact) mass is 256 g/mol. The van der Waals surface area contributed by atoms with Gasteiger partial charge in [-0.05, 0) is 32.0 Å². The van der Waals surface area contributed by atoms with Crippen molar-refractivity contribution >= 4 is 5.91 Å². The summed E-state index contributed by atoms with van der Waals surface area (Å²) in [7, 11) is 0. The molecule has 0 saturated heterocycles. The van der Waals surface area contributed by atoms with Crippen molar-refractivity contribution in [1.29, 1.82) is 0 Å². The first-order valence-electron chi connectivity index (χ1n) is 5.99. The third-order valence-electron chi connectivity index (χ3n) is 2.60. The second-order valence-electron chi connectivity index (χ2n) is 4.05. The molecule has 18 heavy (non-hydrogen) atoms. The van der Waals surface area contributed by atoms with E-state index in [0.29, 0.717) is 19.5 Å². The molecule has 1 rings (SSSR count). The van der Waals surface area contributed by atoms with Crippen LogP contribution in [0.15, 0.2) is 18.2 Å². The summed E-state index contributed by atoms with van der Waals surface area (Å²) < 4.78 is 26.4.